The first-order valence-corrected chi connectivity index (χ1v) is 7.69. The van der Waals surface area contributed by atoms with Gasteiger partial charge in [-0.25, -0.2) is 5.10 Å². The molecule has 0 bridgehead atoms. The van der Waals surface area contributed by atoms with Crippen molar-refractivity contribution < 1.29 is 4.74 Å². The minimum absolute atomic E-state index is 0.445. The molecule has 0 aliphatic heterocycles. The van der Waals surface area contributed by atoms with Crippen LogP contribution in [-0.2, 0) is 0 Å². The van der Waals surface area contributed by atoms with E-state index in [1.165, 1.54) is 0 Å². The van der Waals surface area contributed by atoms with Gasteiger partial charge in [-0.1, -0.05) is 30.3 Å². The molecular weight excluding hydrogens is 308 g/mol. The van der Waals surface area contributed by atoms with E-state index in [9.17, 15) is 0 Å². The van der Waals surface area contributed by atoms with Crippen molar-refractivity contribution in [2.24, 2.45) is 5.10 Å². The molecule has 3 aromatic rings. The van der Waals surface area contributed by atoms with Gasteiger partial charge in [-0.05, 0) is 49.0 Å². The highest BCUT2D eigenvalue weighted by Gasteiger charge is 2.08. The maximum Gasteiger partial charge on any atom is 0.216 e. The van der Waals surface area contributed by atoms with Gasteiger partial charge in [0, 0.05) is 5.56 Å². The van der Waals surface area contributed by atoms with Gasteiger partial charge in [-0.15, -0.1) is 0 Å². The number of aromatic nitrogens is 3. The van der Waals surface area contributed by atoms with E-state index in [1.807, 2.05) is 61.5 Å². The monoisotopic (exact) mass is 324 g/mol. The Morgan fingerprint density at radius 1 is 1.17 bits per heavy atom. The SMILES string of the molecule is CCOc1ccc(-c2n[nH]c(=S)n2N=Cc2ccccc2)cc1. The van der Waals surface area contributed by atoms with Crippen molar-refractivity contribution in [2.75, 3.05) is 6.61 Å². The Bertz CT molecular complexity index is 850. The number of hydrogen-bond acceptors (Lipinski definition) is 4. The summed E-state index contributed by atoms with van der Waals surface area (Å²) in [6.07, 6.45) is 1.75. The number of ether oxygens (including phenoxy) is 1. The van der Waals surface area contributed by atoms with Crippen LogP contribution in [0, 0.1) is 4.77 Å². The fourth-order valence-electron chi connectivity index (χ4n) is 2.12. The smallest absolute Gasteiger partial charge is 0.216 e. The predicted octanol–water partition coefficient (Wildman–Crippen LogP) is 3.89. The van der Waals surface area contributed by atoms with Crippen molar-refractivity contribution in [3.05, 3.63) is 64.9 Å². The average molecular weight is 324 g/mol. The van der Waals surface area contributed by atoms with Gasteiger partial charge in [0.15, 0.2) is 5.82 Å². The highest BCUT2D eigenvalue weighted by atomic mass is 32.1. The van der Waals surface area contributed by atoms with Crippen LogP contribution in [0.5, 0.6) is 5.75 Å². The first kappa shape index (κ1) is 15.2. The quantitative estimate of drug-likeness (QED) is 0.572. The number of benzene rings is 2. The second-order valence-electron chi connectivity index (χ2n) is 4.78. The molecule has 0 radical (unpaired) electrons. The van der Waals surface area contributed by atoms with E-state index in [4.69, 9.17) is 17.0 Å². The van der Waals surface area contributed by atoms with Gasteiger partial charge in [0.2, 0.25) is 4.77 Å². The van der Waals surface area contributed by atoms with E-state index in [0.29, 0.717) is 17.2 Å². The van der Waals surface area contributed by atoms with Crippen molar-refractivity contribution in [3.8, 4) is 17.1 Å². The van der Waals surface area contributed by atoms with E-state index in [0.717, 1.165) is 16.9 Å². The molecule has 3 rings (SSSR count). The molecule has 0 atom stereocenters. The van der Waals surface area contributed by atoms with Crippen LogP contribution in [-0.4, -0.2) is 27.7 Å². The van der Waals surface area contributed by atoms with Crippen LogP contribution in [0.1, 0.15) is 12.5 Å². The first-order chi connectivity index (χ1) is 11.3. The number of nitrogens with one attached hydrogen (secondary N) is 1. The molecule has 1 N–H and O–H groups in total. The Kier molecular flexibility index (Phi) is 4.63. The molecule has 0 saturated heterocycles. The van der Waals surface area contributed by atoms with E-state index in [-0.39, 0.29) is 0 Å². The summed E-state index contributed by atoms with van der Waals surface area (Å²) in [7, 11) is 0. The normalized spacial score (nSPS) is 11.0. The highest BCUT2D eigenvalue weighted by molar-refractivity contribution is 7.71. The minimum Gasteiger partial charge on any atom is -0.494 e. The molecule has 0 aliphatic carbocycles. The molecule has 0 spiro atoms. The van der Waals surface area contributed by atoms with E-state index >= 15 is 0 Å². The van der Waals surface area contributed by atoms with Crippen molar-refractivity contribution in [1.29, 1.82) is 0 Å². The van der Waals surface area contributed by atoms with Crippen LogP contribution < -0.4 is 4.74 Å². The second kappa shape index (κ2) is 7.02. The van der Waals surface area contributed by atoms with Crippen molar-refractivity contribution in [3.63, 3.8) is 0 Å². The lowest BCUT2D eigenvalue weighted by atomic mass is 10.2. The van der Waals surface area contributed by atoms with E-state index in [2.05, 4.69) is 15.3 Å². The van der Waals surface area contributed by atoms with Gasteiger partial charge >= 0.3 is 0 Å². The molecule has 116 valence electrons. The maximum atomic E-state index is 5.45. The van der Waals surface area contributed by atoms with Crippen LogP contribution in [0.2, 0.25) is 0 Å². The summed E-state index contributed by atoms with van der Waals surface area (Å²) < 4.78 is 7.51. The summed E-state index contributed by atoms with van der Waals surface area (Å²) in [5, 5.41) is 11.5. The Hall–Kier alpha value is -2.73. The zero-order valence-electron chi connectivity index (χ0n) is 12.6. The van der Waals surface area contributed by atoms with Gasteiger partial charge in [-0.3, -0.25) is 0 Å². The Labute approximate surface area is 139 Å². The molecule has 0 saturated carbocycles. The fourth-order valence-corrected chi connectivity index (χ4v) is 2.30. The highest BCUT2D eigenvalue weighted by Crippen LogP contribution is 2.21. The van der Waals surface area contributed by atoms with Crippen molar-refractivity contribution in [2.45, 2.75) is 6.92 Å². The topological polar surface area (TPSA) is 55.2 Å². The summed E-state index contributed by atoms with van der Waals surface area (Å²) in [6, 6.07) is 17.5. The maximum absolute atomic E-state index is 5.45. The van der Waals surface area contributed by atoms with Gasteiger partial charge < -0.3 is 4.74 Å². The summed E-state index contributed by atoms with van der Waals surface area (Å²) in [4.78, 5) is 0. The molecule has 1 heterocycles. The van der Waals surface area contributed by atoms with E-state index < -0.39 is 0 Å². The van der Waals surface area contributed by atoms with Crippen LogP contribution in [0.4, 0.5) is 0 Å². The lowest BCUT2D eigenvalue weighted by Gasteiger charge is -2.04. The van der Waals surface area contributed by atoms with Crippen LogP contribution in [0.3, 0.4) is 0 Å². The molecule has 0 fully saturated rings. The Morgan fingerprint density at radius 2 is 1.91 bits per heavy atom. The van der Waals surface area contributed by atoms with Gasteiger partial charge in [0.1, 0.15) is 5.75 Å². The predicted molar refractivity (Wildman–Crippen MR) is 93.5 cm³/mol. The van der Waals surface area contributed by atoms with E-state index in [1.54, 1.807) is 10.9 Å². The number of H-pyrrole nitrogens is 1. The standard InChI is InChI=1S/C17H16N4OS/c1-2-22-15-10-8-14(9-11-15)16-19-20-17(23)21(16)18-12-13-6-4-3-5-7-13/h3-12H,2H2,1H3,(H,20,23). The third-order valence-corrected chi connectivity index (χ3v) is 3.46. The fraction of sp³-hybridized carbons (Fsp3) is 0.118. The zero-order chi connectivity index (χ0) is 16.1. The van der Waals surface area contributed by atoms with Gasteiger partial charge in [0.05, 0.1) is 12.8 Å². The molecular formula is C17H16N4OS. The largest absolute Gasteiger partial charge is 0.494 e. The third kappa shape index (κ3) is 3.54. The second-order valence-corrected chi connectivity index (χ2v) is 5.16. The molecule has 23 heavy (non-hydrogen) atoms. The van der Waals surface area contributed by atoms with Gasteiger partial charge in [0.25, 0.3) is 0 Å². The molecule has 0 unspecified atom stereocenters. The van der Waals surface area contributed by atoms with Crippen LogP contribution >= 0.6 is 12.2 Å². The average Bonchev–Trinajstić information content (AvgIpc) is 2.96. The summed E-state index contributed by atoms with van der Waals surface area (Å²) in [5.41, 5.74) is 1.90. The minimum atomic E-state index is 0.445. The first-order valence-electron chi connectivity index (χ1n) is 7.28. The lowest BCUT2D eigenvalue weighted by molar-refractivity contribution is 0.340. The Morgan fingerprint density at radius 3 is 2.61 bits per heavy atom. The number of nitrogens with zero attached hydrogens (tertiary/aromatic N) is 3. The lowest BCUT2D eigenvalue weighted by Crippen LogP contribution is -1.95. The molecule has 5 nitrogen and oxygen atoms in total. The molecule has 1 aromatic heterocycles. The molecule has 0 aliphatic rings. The number of rotatable bonds is 5. The molecule has 0 amide bonds. The van der Waals surface area contributed by atoms with Crippen molar-refractivity contribution in [1.82, 2.24) is 14.9 Å². The van der Waals surface area contributed by atoms with Gasteiger partial charge in [-0.2, -0.15) is 14.9 Å². The van der Waals surface area contributed by atoms with Crippen LogP contribution in [0.25, 0.3) is 11.4 Å². The molecule has 2 aromatic carbocycles. The zero-order valence-corrected chi connectivity index (χ0v) is 13.5. The summed E-state index contributed by atoms with van der Waals surface area (Å²) in [6.45, 7) is 2.59. The summed E-state index contributed by atoms with van der Waals surface area (Å²) >= 11 is 5.26. The number of aromatic amines is 1. The molecule has 6 heteroatoms. The van der Waals surface area contributed by atoms with Crippen molar-refractivity contribution >= 4 is 18.4 Å². The Balaban J connectivity index is 1.92. The van der Waals surface area contributed by atoms with Crippen LogP contribution in [0.15, 0.2) is 59.7 Å². The third-order valence-electron chi connectivity index (χ3n) is 3.20. The summed E-state index contributed by atoms with van der Waals surface area (Å²) in [5.74, 6) is 1.48. The number of hydrogen-bond donors (Lipinski definition) is 1.